The molecule has 0 spiro atoms. The van der Waals surface area contributed by atoms with Gasteiger partial charge in [-0.3, -0.25) is 10.4 Å². The Morgan fingerprint density at radius 1 is 1.07 bits per heavy atom. The van der Waals surface area contributed by atoms with Crippen molar-refractivity contribution in [2.24, 2.45) is 5.73 Å². The Labute approximate surface area is 172 Å². The molecule has 3 rings (SSSR count). The lowest BCUT2D eigenvalue weighted by Crippen LogP contribution is -2.23. The SMILES string of the molecule is Cc1ccccc1NCCNc1ccnc2ccc(/C(=C/N)C(=N)C(F)(F)F)cc12. The molecule has 1 heterocycles. The molecule has 156 valence electrons. The van der Waals surface area contributed by atoms with Gasteiger partial charge in [-0.25, -0.2) is 0 Å². The van der Waals surface area contributed by atoms with Crippen LogP contribution in [0, 0.1) is 12.3 Å². The molecule has 0 fully saturated rings. The number of nitrogens with zero attached hydrogens (tertiary/aromatic N) is 1. The Balaban J connectivity index is 1.79. The van der Waals surface area contributed by atoms with E-state index in [1.807, 2.05) is 31.2 Å². The maximum Gasteiger partial charge on any atom is 0.433 e. The normalized spacial score (nSPS) is 12.1. The van der Waals surface area contributed by atoms with Gasteiger partial charge in [-0.05, 0) is 42.3 Å². The second-order valence-electron chi connectivity index (χ2n) is 6.71. The molecule has 0 amide bonds. The molecule has 0 saturated heterocycles. The molecule has 0 bridgehead atoms. The van der Waals surface area contributed by atoms with E-state index in [1.54, 1.807) is 24.4 Å². The number of allylic oxidation sites excluding steroid dienone is 1. The van der Waals surface area contributed by atoms with Crippen LogP contribution in [-0.4, -0.2) is 30.0 Å². The van der Waals surface area contributed by atoms with E-state index in [-0.39, 0.29) is 11.1 Å². The monoisotopic (exact) mass is 413 g/mol. The summed E-state index contributed by atoms with van der Waals surface area (Å²) in [6.07, 6.45) is -2.33. The first-order chi connectivity index (χ1) is 14.3. The fourth-order valence-corrected chi connectivity index (χ4v) is 3.11. The molecule has 30 heavy (non-hydrogen) atoms. The molecule has 0 aliphatic carbocycles. The maximum atomic E-state index is 13.0. The van der Waals surface area contributed by atoms with Gasteiger partial charge in [-0.15, -0.1) is 0 Å². The summed E-state index contributed by atoms with van der Waals surface area (Å²) in [7, 11) is 0. The lowest BCUT2D eigenvalue weighted by Gasteiger charge is -2.15. The van der Waals surface area contributed by atoms with Crippen LogP contribution in [0.3, 0.4) is 0 Å². The molecular formula is C22H22F3N5. The average molecular weight is 413 g/mol. The van der Waals surface area contributed by atoms with Crippen molar-refractivity contribution in [3.8, 4) is 0 Å². The van der Waals surface area contributed by atoms with Gasteiger partial charge >= 0.3 is 6.18 Å². The van der Waals surface area contributed by atoms with Gasteiger partial charge in [0.1, 0.15) is 5.71 Å². The average Bonchev–Trinajstić information content (AvgIpc) is 2.72. The van der Waals surface area contributed by atoms with E-state index in [4.69, 9.17) is 11.1 Å². The Morgan fingerprint density at radius 2 is 1.77 bits per heavy atom. The second kappa shape index (κ2) is 8.86. The minimum Gasteiger partial charge on any atom is -0.404 e. The van der Waals surface area contributed by atoms with Gasteiger partial charge in [0.25, 0.3) is 0 Å². The zero-order valence-electron chi connectivity index (χ0n) is 16.3. The van der Waals surface area contributed by atoms with E-state index in [1.165, 1.54) is 6.07 Å². The summed E-state index contributed by atoms with van der Waals surface area (Å²) in [6, 6.07) is 14.4. The van der Waals surface area contributed by atoms with Crippen molar-refractivity contribution in [1.29, 1.82) is 5.41 Å². The van der Waals surface area contributed by atoms with E-state index < -0.39 is 11.9 Å². The highest BCUT2D eigenvalue weighted by Gasteiger charge is 2.37. The molecule has 5 N–H and O–H groups in total. The molecule has 0 unspecified atom stereocenters. The number of aromatic nitrogens is 1. The van der Waals surface area contributed by atoms with Crippen molar-refractivity contribution >= 4 is 33.6 Å². The van der Waals surface area contributed by atoms with Gasteiger partial charge in [0.15, 0.2) is 0 Å². The summed E-state index contributed by atoms with van der Waals surface area (Å²) in [5.74, 6) is 0. The smallest absolute Gasteiger partial charge is 0.404 e. The van der Waals surface area contributed by atoms with Crippen molar-refractivity contribution in [3.63, 3.8) is 0 Å². The fraction of sp³-hybridized carbons (Fsp3) is 0.182. The van der Waals surface area contributed by atoms with Crippen LogP contribution >= 0.6 is 0 Å². The third-order valence-electron chi connectivity index (χ3n) is 4.67. The maximum absolute atomic E-state index is 13.0. The largest absolute Gasteiger partial charge is 0.433 e. The van der Waals surface area contributed by atoms with Gasteiger partial charge in [-0.1, -0.05) is 24.3 Å². The zero-order chi connectivity index (χ0) is 21.7. The number of nitrogens with one attached hydrogen (secondary N) is 3. The number of alkyl halides is 3. The molecule has 5 nitrogen and oxygen atoms in total. The first-order valence-electron chi connectivity index (χ1n) is 9.32. The van der Waals surface area contributed by atoms with Gasteiger partial charge in [0, 0.05) is 47.8 Å². The molecule has 0 aliphatic rings. The molecule has 0 radical (unpaired) electrons. The van der Waals surface area contributed by atoms with Crippen LogP contribution in [0.25, 0.3) is 16.5 Å². The number of aryl methyl sites for hydroxylation is 1. The molecule has 8 heteroatoms. The fourth-order valence-electron chi connectivity index (χ4n) is 3.11. The Morgan fingerprint density at radius 3 is 2.43 bits per heavy atom. The molecule has 2 aromatic carbocycles. The number of benzene rings is 2. The van der Waals surface area contributed by atoms with Crippen LogP contribution in [0.2, 0.25) is 0 Å². The second-order valence-corrected chi connectivity index (χ2v) is 6.71. The number of rotatable bonds is 7. The lowest BCUT2D eigenvalue weighted by molar-refractivity contribution is -0.0578. The van der Waals surface area contributed by atoms with E-state index in [0.29, 0.717) is 24.0 Å². The van der Waals surface area contributed by atoms with Gasteiger partial charge < -0.3 is 16.4 Å². The van der Waals surface area contributed by atoms with Crippen molar-refractivity contribution in [2.45, 2.75) is 13.1 Å². The predicted octanol–water partition coefficient (Wildman–Crippen LogP) is 4.95. The van der Waals surface area contributed by atoms with E-state index >= 15 is 0 Å². The van der Waals surface area contributed by atoms with Crippen LogP contribution in [0.1, 0.15) is 11.1 Å². The molecular weight excluding hydrogens is 391 g/mol. The number of hydrogen-bond acceptors (Lipinski definition) is 5. The first kappa shape index (κ1) is 21.2. The quantitative estimate of drug-likeness (QED) is 0.326. The zero-order valence-corrected chi connectivity index (χ0v) is 16.3. The number of nitrogens with two attached hydrogens (primary N) is 1. The van der Waals surface area contributed by atoms with Gasteiger partial charge in [0.05, 0.1) is 5.52 Å². The van der Waals surface area contributed by atoms with Gasteiger partial charge in [-0.2, -0.15) is 13.2 Å². The van der Waals surface area contributed by atoms with E-state index in [0.717, 1.165) is 23.1 Å². The minimum absolute atomic E-state index is 0.210. The number of pyridine rings is 1. The van der Waals surface area contributed by atoms with Crippen molar-refractivity contribution in [1.82, 2.24) is 4.98 Å². The highest BCUT2D eigenvalue weighted by Crippen LogP contribution is 2.30. The Kier molecular flexibility index (Phi) is 6.25. The Bertz CT molecular complexity index is 1090. The Hall–Kier alpha value is -3.55. The van der Waals surface area contributed by atoms with Gasteiger partial charge in [0.2, 0.25) is 0 Å². The minimum atomic E-state index is -4.78. The molecule has 0 saturated carbocycles. The summed E-state index contributed by atoms with van der Waals surface area (Å²) in [4.78, 5) is 4.27. The molecule has 0 aliphatic heterocycles. The van der Waals surface area contributed by atoms with Crippen LogP contribution in [-0.2, 0) is 0 Å². The summed E-state index contributed by atoms with van der Waals surface area (Å²) < 4.78 is 39.0. The highest BCUT2D eigenvalue weighted by molar-refractivity contribution is 6.25. The summed E-state index contributed by atoms with van der Waals surface area (Å²) in [5, 5.41) is 14.7. The van der Waals surface area contributed by atoms with Crippen LogP contribution in [0.15, 0.2) is 60.9 Å². The third kappa shape index (κ3) is 4.71. The summed E-state index contributed by atoms with van der Waals surface area (Å²) in [5.41, 5.74) is 7.32. The third-order valence-corrected chi connectivity index (χ3v) is 4.67. The van der Waals surface area contributed by atoms with E-state index in [2.05, 4.69) is 15.6 Å². The highest BCUT2D eigenvalue weighted by atomic mass is 19.4. The first-order valence-corrected chi connectivity index (χ1v) is 9.32. The number of halogens is 3. The number of para-hydroxylation sites is 1. The number of anilines is 2. The molecule has 1 aromatic heterocycles. The number of hydrogen-bond donors (Lipinski definition) is 4. The van der Waals surface area contributed by atoms with Crippen molar-refractivity contribution in [2.75, 3.05) is 23.7 Å². The predicted molar refractivity (Wildman–Crippen MR) is 116 cm³/mol. The van der Waals surface area contributed by atoms with Crippen LogP contribution in [0.4, 0.5) is 24.5 Å². The molecule has 0 atom stereocenters. The van der Waals surface area contributed by atoms with Crippen molar-refractivity contribution < 1.29 is 13.2 Å². The standard InChI is InChI=1S/C22H22F3N5/c1-14-4-2-3-5-18(14)29-10-11-30-20-8-9-28-19-7-6-15(12-16(19)20)17(13-26)21(27)22(23,24)25/h2-9,12-13,27,29H,10-11,26H2,1H3,(H,28,30)/b17-13-,27-21?. The number of fused-ring (bicyclic) bond motifs is 1. The van der Waals surface area contributed by atoms with Crippen molar-refractivity contribution in [3.05, 3.63) is 72.1 Å². The summed E-state index contributed by atoms with van der Waals surface area (Å²) >= 11 is 0. The lowest BCUT2D eigenvalue weighted by atomic mass is 9.99. The van der Waals surface area contributed by atoms with Crippen LogP contribution < -0.4 is 16.4 Å². The van der Waals surface area contributed by atoms with E-state index in [9.17, 15) is 13.2 Å². The van der Waals surface area contributed by atoms with Crippen LogP contribution in [0.5, 0.6) is 0 Å². The molecule has 3 aromatic rings. The summed E-state index contributed by atoms with van der Waals surface area (Å²) in [6.45, 7) is 3.27. The topological polar surface area (TPSA) is 86.8 Å².